The molecule has 4 rings (SSSR count). The van der Waals surface area contributed by atoms with Crippen LogP contribution in [0.4, 0.5) is 0 Å². The van der Waals surface area contributed by atoms with Crippen LogP contribution in [0.15, 0.2) is 53.4 Å². The molecule has 0 fully saturated rings. The van der Waals surface area contributed by atoms with Gasteiger partial charge in [-0.25, -0.2) is 8.42 Å². The van der Waals surface area contributed by atoms with Crippen LogP contribution in [0, 0.1) is 13.8 Å². The summed E-state index contributed by atoms with van der Waals surface area (Å²) in [6, 6.07) is 14.6. The Kier molecular flexibility index (Phi) is 5.68. The molecule has 162 valence electrons. The molecular formula is C23H25N3O4S. The van der Waals surface area contributed by atoms with Crippen molar-refractivity contribution in [3.05, 3.63) is 76.6 Å². The van der Waals surface area contributed by atoms with Gasteiger partial charge in [0.15, 0.2) is 0 Å². The number of hydrogen-bond donors (Lipinski definition) is 0. The fourth-order valence-corrected chi connectivity index (χ4v) is 5.76. The molecule has 1 aromatic heterocycles. The highest BCUT2D eigenvalue weighted by Gasteiger charge is 2.34. The highest BCUT2D eigenvalue weighted by molar-refractivity contribution is 7.89. The minimum atomic E-state index is -3.80. The molecule has 8 heteroatoms. The summed E-state index contributed by atoms with van der Waals surface area (Å²) in [5.41, 5.74) is 3.21. The van der Waals surface area contributed by atoms with Gasteiger partial charge < -0.3 is 4.74 Å². The molecule has 0 amide bonds. The number of fused-ring (bicyclic) bond motifs is 1. The Morgan fingerprint density at radius 2 is 1.74 bits per heavy atom. The summed E-state index contributed by atoms with van der Waals surface area (Å²) in [5.74, 6) is 0.287. The first-order valence-corrected chi connectivity index (χ1v) is 11.7. The largest absolute Gasteiger partial charge is 0.494 e. The lowest BCUT2D eigenvalue weighted by atomic mass is 10.0. The van der Waals surface area contributed by atoms with Gasteiger partial charge in [0.2, 0.25) is 10.0 Å². The van der Waals surface area contributed by atoms with Crippen LogP contribution in [-0.4, -0.2) is 41.6 Å². The average molecular weight is 440 g/mol. The van der Waals surface area contributed by atoms with Crippen molar-refractivity contribution < 1.29 is 17.9 Å². The third-order valence-electron chi connectivity index (χ3n) is 5.52. The van der Waals surface area contributed by atoms with Crippen molar-refractivity contribution >= 4 is 15.9 Å². The van der Waals surface area contributed by atoms with E-state index < -0.39 is 10.0 Å². The maximum absolute atomic E-state index is 13.5. The number of rotatable bonds is 5. The summed E-state index contributed by atoms with van der Waals surface area (Å²) in [6.07, 6.45) is 0.659. The summed E-state index contributed by atoms with van der Waals surface area (Å²) >= 11 is 0. The Hall–Kier alpha value is -2.97. The lowest BCUT2D eigenvalue weighted by Gasteiger charge is -2.28. The standard InChI is InChI=1S/C23H25N3O4S/c1-4-30-21-11-9-19(10-12-21)23(27)26-17(3)22(16(2)24-26)31(28,29)25-14-13-18-7-5-6-8-20(18)15-25/h5-12H,4,13-15H2,1-3H3. The van der Waals surface area contributed by atoms with Crippen LogP contribution < -0.4 is 4.74 Å². The van der Waals surface area contributed by atoms with Crippen molar-refractivity contribution in [3.63, 3.8) is 0 Å². The summed E-state index contributed by atoms with van der Waals surface area (Å²) in [7, 11) is -3.80. The number of ether oxygens (including phenoxy) is 1. The summed E-state index contributed by atoms with van der Waals surface area (Å²) < 4.78 is 35.0. The highest BCUT2D eigenvalue weighted by Crippen LogP contribution is 2.29. The fraction of sp³-hybridized carbons (Fsp3) is 0.304. The van der Waals surface area contributed by atoms with Gasteiger partial charge in [-0.15, -0.1) is 0 Å². The number of aryl methyl sites for hydroxylation is 1. The Balaban J connectivity index is 1.65. The fourth-order valence-electron chi connectivity index (χ4n) is 3.99. The average Bonchev–Trinajstić information content (AvgIpc) is 3.08. The molecule has 2 aromatic carbocycles. The maximum Gasteiger partial charge on any atom is 0.278 e. The molecule has 0 N–H and O–H groups in total. The van der Waals surface area contributed by atoms with Gasteiger partial charge in [0, 0.05) is 18.7 Å². The second-order valence-electron chi connectivity index (χ2n) is 7.53. The van der Waals surface area contributed by atoms with Crippen LogP contribution in [-0.2, 0) is 23.0 Å². The van der Waals surface area contributed by atoms with Crippen molar-refractivity contribution in [3.8, 4) is 5.75 Å². The van der Waals surface area contributed by atoms with Crippen LogP contribution in [0.5, 0.6) is 5.75 Å². The van der Waals surface area contributed by atoms with E-state index in [1.807, 2.05) is 31.2 Å². The zero-order chi connectivity index (χ0) is 22.2. The van der Waals surface area contributed by atoms with Crippen LogP contribution in [0.25, 0.3) is 0 Å². The number of benzene rings is 2. The van der Waals surface area contributed by atoms with Gasteiger partial charge in [0.1, 0.15) is 10.6 Å². The monoisotopic (exact) mass is 439 g/mol. The maximum atomic E-state index is 13.5. The molecule has 0 aliphatic carbocycles. The van der Waals surface area contributed by atoms with E-state index in [-0.39, 0.29) is 10.8 Å². The SMILES string of the molecule is CCOc1ccc(C(=O)n2nc(C)c(S(=O)(=O)N3CCc4ccccc4C3)c2C)cc1. The van der Waals surface area contributed by atoms with E-state index in [0.717, 1.165) is 5.56 Å². The molecule has 0 saturated carbocycles. The van der Waals surface area contributed by atoms with E-state index in [1.54, 1.807) is 38.1 Å². The predicted molar refractivity (Wildman–Crippen MR) is 117 cm³/mol. The first-order valence-electron chi connectivity index (χ1n) is 10.2. The second-order valence-corrected chi connectivity index (χ2v) is 9.41. The highest BCUT2D eigenvalue weighted by atomic mass is 32.2. The molecule has 31 heavy (non-hydrogen) atoms. The molecule has 7 nitrogen and oxygen atoms in total. The molecule has 0 radical (unpaired) electrons. The quantitative estimate of drug-likeness (QED) is 0.609. The van der Waals surface area contributed by atoms with Crippen LogP contribution in [0.2, 0.25) is 0 Å². The van der Waals surface area contributed by atoms with E-state index in [9.17, 15) is 13.2 Å². The minimum Gasteiger partial charge on any atom is -0.494 e. The van der Waals surface area contributed by atoms with E-state index in [0.29, 0.717) is 48.8 Å². The van der Waals surface area contributed by atoms with Crippen molar-refractivity contribution in [2.75, 3.05) is 13.2 Å². The molecular weight excluding hydrogens is 414 g/mol. The summed E-state index contributed by atoms with van der Waals surface area (Å²) in [5, 5.41) is 4.28. The summed E-state index contributed by atoms with van der Waals surface area (Å²) in [4.78, 5) is 13.1. The van der Waals surface area contributed by atoms with Crippen molar-refractivity contribution in [2.24, 2.45) is 0 Å². The zero-order valence-electron chi connectivity index (χ0n) is 17.8. The third-order valence-corrected chi connectivity index (χ3v) is 7.62. The Morgan fingerprint density at radius 3 is 2.42 bits per heavy atom. The number of sulfonamides is 1. The lowest BCUT2D eigenvalue weighted by Crippen LogP contribution is -2.36. The zero-order valence-corrected chi connectivity index (χ0v) is 18.6. The third kappa shape index (κ3) is 3.88. The normalized spacial score (nSPS) is 14.3. The van der Waals surface area contributed by atoms with Crippen molar-refractivity contribution in [2.45, 2.75) is 38.6 Å². The minimum absolute atomic E-state index is 0.103. The number of nitrogens with zero attached hydrogens (tertiary/aromatic N) is 3. The molecule has 0 bridgehead atoms. The molecule has 2 heterocycles. The number of aromatic nitrogens is 2. The molecule has 0 unspecified atom stereocenters. The van der Waals surface area contributed by atoms with E-state index in [1.165, 1.54) is 14.6 Å². The molecule has 1 aliphatic rings. The second kappa shape index (κ2) is 8.28. The van der Waals surface area contributed by atoms with Crippen LogP contribution >= 0.6 is 0 Å². The van der Waals surface area contributed by atoms with Crippen LogP contribution in [0.1, 0.15) is 39.8 Å². The van der Waals surface area contributed by atoms with Gasteiger partial charge in [-0.1, -0.05) is 24.3 Å². The van der Waals surface area contributed by atoms with E-state index in [4.69, 9.17) is 4.74 Å². The predicted octanol–water partition coefficient (Wildman–Crippen LogP) is 3.33. The van der Waals surface area contributed by atoms with Crippen LogP contribution in [0.3, 0.4) is 0 Å². The number of hydrogen-bond acceptors (Lipinski definition) is 5. The van der Waals surface area contributed by atoms with Gasteiger partial charge >= 0.3 is 0 Å². The molecule has 0 atom stereocenters. The number of carbonyl (C=O) groups is 1. The topological polar surface area (TPSA) is 81.5 Å². The van der Waals surface area contributed by atoms with Gasteiger partial charge in [-0.05, 0) is 62.6 Å². The van der Waals surface area contributed by atoms with Crippen molar-refractivity contribution in [1.82, 2.24) is 14.1 Å². The molecule has 3 aromatic rings. The Labute approximate surface area is 182 Å². The van der Waals surface area contributed by atoms with E-state index >= 15 is 0 Å². The van der Waals surface area contributed by atoms with Gasteiger partial charge in [-0.3, -0.25) is 4.79 Å². The lowest BCUT2D eigenvalue weighted by molar-refractivity contribution is 0.0942. The summed E-state index contributed by atoms with van der Waals surface area (Å²) in [6.45, 7) is 6.38. The van der Waals surface area contributed by atoms with Gasteiger partial charge in [-0.2, -0.15) is 14.1 Å². The van der Waals surface area contributed by atoms with Gasteiger partial charge in [0.05, 0.1) is 18.0 Å². The number of carbonyl (C=O) groups excluding carboxylic acids is 1. The Morgan fingerprint density at radius 1 is 1.06 bits per heavy atom. The Bertz CT molecular complexity index is 1230. The first kappa shape index (κ1) is 21.3. The van der Waals surface area contributed by atoms with Crippen molar-refractivity contribution in [1.29, 1.82) is 0 Å². The smallest absolute Gasteiger partial charge is 0.278 e. The first-order chi connectivity index (χ1) is 14.8. The van der Waals surface area contributed by atoms with E-state index in [2.05, 4.69) is 5.10 Å². The molecule has 0 spiro atoms. The van der Waals surface area contributed by atoms with Gasteiger partial charge in [0.25, 0.3) is 5.91 Å². The molecule has 1 aliphatic heterocycles. The molecule has 0 saturated heterocycles.